The van der Waals surface area contributed by atoms with Crippen LogP contribution in [0, 0.1) is 17.2 Å². The van der Waals surface area contributed by atoms with E-state index in [9.17, 15) is 4.79 Å². The van der Waals surface area contributed by atoms with E-state index in [4.69, 9.17) is 10.00 Å². The van der Waals surface area contributed by atoms with Crippen LogP contribution in [0.15, 0.2) is 0 Å². The number of unbranched alkanes of at least 4 members (excludes halogenated alkanes) is 7. The Hall–Kier alpha value is -1.08. The SMILES string of the molecule is N#C[C@@H]1CCCN1C(=O)CCCCCCCCCCOCC1CCCCC1. The zero-order valence-corrected chi connectivity index (χ0v) is 17.3. The molecule has 4 nitrogen and oxygen atoms in total. The molecule has 1 atom stereocenters. The fourth-order valence-electron chi connectivity index (χ4n) is 4.49. The average Bonchev–Trinajstić information content (AvgIpc) is 3.18. The van der Waals surface area contributed by atoms with Crippen LogP contribution in [0.1, 0.15) is 103 Å². The molecular formula is C23H40N2O2. The summed E-state index contributed by atoms with van der Waals surface area (Å²) < 4.78 is 5.86. The van der Waals surface area contributed by atoms with Crippen molar-refractivity contribution in [3.05, 3.63) is 0 Å². The molecule has 1 saturated carbocycles. The number of carbonyl (C=O) groups is 1. The van der Waals surface area contributed by atoms with E-state index in [1.807, 2.05) is 0 Å². The third-order valence-corrected chi connectivity index (χ3v) is 6.23. The molecule has 1 amide bonds. The van der Waals surface area contributed by atoms with Crippen LogP contribution in [0.25, 0.3) is 0 Å². The van der Waals surface area contributed by atoms with Crippen LogP contribution in [0.2, 0.25) is 0 Å². The first-order valence-corrected chi connectivity index (χ1v) is 11.6. The van der Waals surface area contributed by atoms with E-state index in [1.165, 1.54) is 70.6 Å². The molecule has 1 aliphatic heterocycles. The lowest BCUT2D eigenvalue weighted by Crippen LogP contribution is -2.34. The number of rotatable bonds is 13. The number of nitriles is 1. The molecule has 0 aromatic carbocycles. The molecule has 2 aliphatic rings. The third kappa shape index (κ3) is 9.10. The summed E-state index contributed by atoms with van der Waals surface area (Å²) in [6.07, 6.45) is 19.2. The smallest absolute Gasteiger partial charge is 0.223 e. The van der Waals surface area contributed by atoms with Gasteiger partial charge < -0.3 is 9.64 Å². The van der Waals surface area contributed by atoms with E-state index in [2.05, 4.69) is 6.07 Å². The molecule has 0 aromatic rings. The van der Waals surface area contributed by atoms with Gasteiger partial charge in [0, 0.05) is 26.2 Å². The number of hydrogen-bond acceptors (Lipinski definition) is 3. The normalized spacial score (nSPS) is 20.7. The second-order valence-corrected chi connectivity index (χ2v) is 8.53. The van der Waals surface area contributed by atoms with Crippen LogP contribution >= 0.6 is 0 Å². The van der Waals surface area contributed by atoms with E-state index >= 15 is 0 Å². The summed E-state index contributed by atoms with van der Waals surface area (Å²) in [5, 5.41) is 9.05. The highest BCUT2D eigenvalue weighted by Gasteiger charge is 2.27. The fourth-order valence-corrected chi connectivity index (χ4v) is 4.49. The molecule has 0 unspecified atom stereocenters. The van der Waals surface area contributed by atoms with Crippen molar-refractivity contribution in [3.63, 3.8) is 0 Å². The van der Waals surface area contributed by atoms with Crippen LogP contribution in [0.5, 0.6) is 0 Å². The highest BCUT2D eigenvalue weighted by Crippen LogP contribution is 2.23. The lowest BCUT2D eigenvalue weighted by molar-refractivity contribution is -0.131. The van der Waals surface area contributed by atoms with E-state index < -0.39 is 0 Å². The maximum Gasteiger partial charge on any atom is 0.223 e. The van der Waals surface area contributed by atoms with Crippen LogP contribution in [-0.4, -0.2) is 36.6 Å². The Bertz CT molecular complexity index is 440. The molecule has 4 heteroatoms. The molecule has 0 aromatic heterocycles. The van der Waals surface area contributed by atoms with Crippen molar-refractivity contribution >= 4 is 5.91 Å². The van der Waals surface area contributed by atoms with Gasteiger partial charge in [0.1, 0.15) is 6.04 Å². The fraction of sp³-hybridized carbons (Fsp3) is 0.913. The summed E-state index contributed by atoms with van der Waals surface area (Å²) in [6, 6.07) is 2.09. The van der Waals surface area contributed by atoms with Gasteiger partial charge in [-0.3, -0.25) is 4.79 Å². The van der Waals surface area contributed by atoms with Gasteiger partial charge in [-0.2, -0.15) is 5.26 Å². The molecule has 1 aliphatic carbocycles. The zero-order chi connectivity index (χ0) is 19.2. The number of nitrogens with zero attached hydrogens (tertiary/aromatic N) is 2. The van der Waals surface area contributed by atoms with Gasteiger partial charge in [-0.15, -0.1) is 0 Å². The lowest BCUT2D eigenvalue weighted by Gasteiger charge is -2.21. The molecule has 154 valence electrons. The summed E-state index contributed by atoms with van der Waals surface area (Å²) in [4.78, 5) is 13.9. The van der Waals surface area contributed by atoms with Crippen LogP contribution in [0.4, 0.5) is 0 Å². The Morgan fingerprint density at radius 2 is 1.56 bits per heavy atom. The molecule has 0 radical (unpaired) electrons. The van der Waals surface area contributed by atoms with E-state index in [-0.39, 0.29) is 11.9 Å². The second-order valence-electron chi connectivity index (χ2n) is 8.53. The van der Waals surface area contributed by atoms with Gasteiger partial charge in [0.05, 0.1) is 6.07 Å². The average molecular weight is 377 g/mol. The summed E-state index contributed by atoms with van der Waals surface area (Å²) in [7, 11) is 0. The largest absolute Gasteiger partial charge is 0.381 e. The van der Waals surface area contributed by atoms with Crippen molar-refractivity contribution in [2.75, 3.05) is 19.8 Å². The Morgan fingerprint density at radius 1 is 0.889 bits per heavy atom. The van der Waals surface area contributed by atoms with Crippen LogP contribution < -0.4 is 0 Å². The first-order chi connectivity index (χ1) is 13.3. The topological polar surface area (TPSA) is 53.3 Å². The maximum absolute atomic E-state index is 12.1. The van der Waals surface area contributed by atoms with Crippen molar-refractivity contribution in [1.82, 2.24) is 4.90 Å². The van der Waals surface area contributed by atoms with E-state index in [0.717, 1.165) is 51.4 Å². The number of carbonyl (C=O) groups excluding carboxylic acids is 1. The third-order valence-electron chi connectivity index (χ3n) is 6.23. The zero-order valence-electron chi connectivity index (χ0n) is 17.3. The first kappa shape index (κ1) is 22.2. The molecule has 0 spiro atoms. The Labute approximate surface area is 166 Å². The first-order valence-electron chi connectivity index (χ1n) is 11.6. The molecule has 0 N–H and O–H groups in total. The Kier molecular flexibility index (Phi) is 11.5. The van der Waals surface area contributed by atoms with Gasteiger partial charge in [-0.1, -0.05) is 57.8 Å². The summed E-state index contributed by atoms with van der Waals surface area (Å²) in [6.45, 7) is 2.71. The monoisotopic (exact) mass is 376 g/mol. The number of ether oxygens (including phenoxy) is 1. The minimum Gasteiger partial charge on any atom is -0.381 e. The summed E-state index contributed by atoms with van der Waals surface area (Å²) in [5.74, 6) is 1.02. The molecule has 27 heavy (non-hydrogen) atoms. The number of likely N-dealkylation sites (tertiary alicyclic amines) is 1. The maximum atomic E-state index is 12.1. The second kappa shape index (κ2) is 14.0. The molecular weight excluding hydrogens is 336 g/mol. The number of amides is 1. The van der Waals surface area contributed by atoms with Gasteiger partial charge in [-0.25, -0.2) is 0 Å². The van der Waals surface area contributed by atoms with E-state index in [1.54, 1.807) is 4.90 Å². The molecule has 1 heterocycles. The standard InChI is InChI=1S/C23H40N2O2/c24-19-22-15-12-17-25(22)23(26)16-10-5-3-1-2-4-6-11-18-27-20-21-13-8-7-9-14-21/h21-22H,1-18,20H2/t22-/m0/s1. The van der Waals surface area contributed by atoms with Gasteiger partial charge in [0.15, 0.2) is 0 Å². The quantitative estimate of drug-likeness (QED) is 0.393. The van der Waals surface area contributed by atoms with Crippen molar-refractivity contribution in [1.29, 1.82) is 5.26 Å². The van der Waals surface area contributed by atoms with Gasteiger partial charge in [0.2, 0.25) is 5.91 Å². The predicted molar refractivity (Wildman–Crippen MR) is 109 cm³/mol. The minimum absolute atomic E-state index is 0.163. The van der Waals surface area contributed by atoms with Crippen LogP contribution in [-0.2, 0) is 9.53 Å². The molecule has 1 saturated heterocycles. The predicted octanol–water partition coefficient (Wildman–Crippen LogP) is 5.61. The van der Waals surface area contributed by atoms with Crippen LogP contribution in [0.3, 0.4) is 0 Å². The van der Waals surface area contributed by atoms with Gasteiger partial charge >= 0.3 is 0 Å². The summed E-state index contributed by atoms with van der Waals surface area (Å²) in [5.41, 5.74) is 0. The Morgan fingerprint density at radius 3 is 2.26 bits per heavy atom. The highest BCUT2D eigenvalue weighted by atomic mass is 16.5. The van der Waals surface area contributed by atoms with Crippen molar-refractivity contribution in [3.8, 4) is 6.07 Å². The summed E-state index contributed by atoms with van der Waals surface area (Å²) >= 11 is 0. The molecule has 2 fully saturated rings. The van der Waals surface area contributed by atoms with Crippen molar-refractivity contribution in [2.45, 2.75) is 109 Å². The minimum atomic E-state index is -0.163. The van der Waals surface area contributed by atoms with Gasteiger partial charge in [0.25, 0.3) is 0 Å². The molecule has 2 rings (SSSR count). The highest BCUT2D eigenvalue weighted by molar-refractivity contribution is 5.77. The molecule has 0 bridgehead atoms. The number of hydrogen-bond donors (Lipinski definition) is 0. The van der Waals surface area contributed by atoms with Gasteiger partial charge in [-0.05, 0) is 44.4 Å². The van der Waals surface area contributed by atoms with E-state index in [0.29, 0.717) is 6.42 Å². The lowest BCUT2D eigenvalue weighted by atomic mass is 9.90. The van der Waals surface area contributed by atoms with Crippen molar-refractivity contribution in [2.24, 2.45) is 5.92 Å². The Balaban J connectivity index is 1.32. The van der Waals surface area contributed by atoms with Crippen molar-refractivity contribution < 1.29 is 9.53 Å².